The van der Waals surface area contributed by atoms with Crippen molar-refractivity contribution in [3.05, 3.63) is 0 Å². The Labute approximate surface area is 85.1 Å². The van der Waals surface area contributed by atoms with Gasteiger partial charge in [0.2, 0.25) is 0 Å². The minimum atomic E-state index is -0.728. The van der Waals surface area contributed by atoms with Crippen LogP contribution in [0.2, 0.25) is 0 Å². The molecule has 84 valence electrons. The summed E-state index contributed by atoms with van der Waals surface area (Å²) in [7, 11) is 0. The summed E-state index contributed by atoms with van der Waals surface area (Å²) < 4.78 is 0. The fraction of sp³-hybridized carbons (Fsp3) is 0.889. The molecule has 0 unspecified atom stereocenters. The van der Waals surface area contributed by atoms with Crippen LogP contribution in [0.1, 0.15) is 19.3 Å². The van der Waals surface area contributed by atoms with Crippen LogP contribution in [0.5, 0.6) is 0 Å². The van der Waals surface area contributed by atoms with Gasteiger partial charge in [-0.05, 0) is 19.4 Å². The van der Waals surface area contributed by atoms with Gasteiger partial charge in [0, 0.05) is 32.6 Å². The van der Waals surface area contributed by atoms with Crippen LogP contribution < -0.4 is 11.5 Å². The summed E-state index contributed by atoms with van der Waals surface area (Å²) in [6.45, 7) is 3.81. The lowest BCUT2D eigenvalue weighted by Crippen LogP contribution is -2.34. The van der Waals surface area contributed by atoms with Gasteiger partial charge in [0.15, 0.2) is 0 Å². The fourth-order valence-electron chi connectivity index (χ4n) is 1.31. The Bertz CT molecular complexity index is 147. The third-order valence-corrected chi connectivity index (χ3v) is 2.01. The molecule has 0 aliphatic rings. The molecule has 0 aliphatic carbocycles. The summed E-state index contributed by atoms with van der Waals surface area (Å²) in [5, 5.41) is 8.43. The Kier molecular flexibility index (Phi) is 8.51. The average molecular weight is 203 g/mol. The Hall–Kier alpha value is -0.650. The molecular formula is C9H21N3O2. The zero-order valence-electron chi connectivity index (χ0n) is 8.61. The van der Waals surface area contributed by atoms with E-state index in [2.05, 4.69) is 4.90 Å². The lowest BCUT2D eigenvalue weighted by molar-refractivity contribution is -0.137. The molecule has 0 aliphatic heterocycles. The van der Waals surface area contributed by atoms with Gasteiger partial charge in [-0.25, -0.2) is 0 Å². The first-order chi connectivity index (χ1) is 6.70. The first-order valence-electron chi connectivity index (χ1n) is 5.05. The van der Waals surface area contributed by atoms with Gasteiger partial charge in [-0.15, -0.1) is 0 Å². The summed E-state index contributed by atoms with van der Waals surface area (Å²) in [5.74, 6) is -0.728. The third-order valence-electron chi connectivity index (χ3n) is 2.01. The maximum Gasteiger partial charge on any atom is 0.303 e. The SMILES string of the molecule is NCCN(CCN)CCCCC(=O)O. The minimum Gasteiger partial charge on any atom is -0.481 e. The molecule has 0 saturated heterocycles. The second kappa shape index (κ2) is 8.93. The van der Waals surface area contributed by atoms with Gasteiger partial charge < -0.3 is 21.5 Å². The van der Waals surface area contributed by atoms with E-state index in [4.69, 9.17) is 16.6 Å². The van der Waals surface area contributed by atoms with Gasteiger partial charge in [-0.1, -0.05) is 0 Å². The molecule has 0 bridgehead atoms. The van der Waals surface area contributed by atoms with Gasteiger partial charge in [0.25, 0.3) is 0 Å². The largest absolute Gasteiger partial charge is 0.481 e. The molecule has 0 aromatic carbocycles. The number of carboxylic acid groups (broad SMARTS) is 1. The smallest absolute Gasteiger partial charge is 0.303 e. The molecule has 5 nitrogen and oxygen atoms in total. The monoisotopic (exact) mass is 203 g/mol. The second-order valence-electron chi connectivity index (χ2n) is 3.27. The highest BCUT2D eigenvalue weighted by Crippen LogP contribution is 1.98. The second-order valence-corrected chi connectivity index (χ2v) is 3.27. The van der Waals surface area contributed by atoms with Crippen LogP contribution in [-0.4, -0.2) is 48.7 Å². The first kappa shape index (κ1) is 13.4. The Morgan fingerprint density at radius 1 is 1.07 bits per heavy atom. The van der Waals surface area contributed by atoms with Crippen molar-refractivity contribution in [1.82, 2.24) is 4.90 Å². The van der Waals surface area contributed by atoms with E-state index in [1.54, 1.807) is 0 Å². The summed E-state index contributed by atoms with van der Waals surface area (Å²) in [6.07, 6.45) is 1.87. The van der Waals surface area contributed by atoms with Gasteiger partial charge in [-0.2, -0.15) is 0 Å². The summed E-state index contributed by atoms with van der Waals surface area (Å²) in [4.78, 5) is 12.4. The number of nitrogens with two attached hydrogens (primary N) is 2. The van der Waals surface area contributed by atoms with Crippen LogP contribution in [-0.2, 0) is 4.79 Å². The molecule has 0 radical (unpaired) electrons. The van der Waals surface area contributed by atoms with E-state index in [0.29, 0.717) is 13.1 Å². The Morgan fingerprint density at radius 2 is 1.64 bits per heavy atom. The van der Waals surface area contributed by atoms with Crippen LogP contribution in [0.25, 0.3) is 0 Å². The lowest BCUT2D eigenvalue weighted by atomic mass is 10.2. The number of hydrogen-bond donors (Lipinski definition) is 3. The van der Waals surface area contributed by atoms with Gasteiger partial charge >= 0.3 is 5.97 Å². The normalized spacial score (nSPS) is 10.8. The van der Waals surface area contributed by atoms with E-state index in [9.17, 15) is 4.79 Å². The van der Waals surface area contributed by atoms with Crippen molar-refractivity contribution in [2.75, 3.05) is 32.7 Å². The highest BCUT2D eigenvalue weighted by Gasteiger charge is 2.03. The molecular weight excluding hydrogens is 182 g/mol. The van der Waals surface area contributed by atoms with E-state index in [1.165, 1.54) is 0 Å². The number of hydrogen-bond acceptors (Lipinski definition) is 4. The molecule has 0 heterocycles. The van der Waals surface area contributed by atoms with Crippen LogP contribution >= 0.6 is 0 Å². The number of nitrogens with zero attached hydrogens (tertiary/aromatic N) is 1. The molecule has 0 spiro atoms. The van der Waals surface area contributed by atoms with E-state index in [0.717, 1.165) is 32.5 Å². The Morgan fingerprint density at radius 3 is 2.07 bits per heavy atom. The van der Waals surface area contributed by atoms with E-state index < -0.39 is 5.97 Å². The zero-order valence-corrected chi connectivity index (χ0v) is 8.61. The van der Waals surface area contributed by atoms with E-state index >= 15 is 0 Å². The summed E-state index contributed by atoms with van der Waals surface area (Å²) in [6, 6.07) is 0. The van der Waals surface area contributed by atoms with Crippen molar-refractivity contribution in [2.24, 2.45) is 11.5 Å². The zero-order chi connectivity index (χ0) is 10.8. The van der Waals surface area contributed by atoms with Crippen molar-refractivity contribution in [1.29, 1.82) is 0 Å². The highest BCUT2D eigenvalue weighted by atomic mass is 16.4. The molecule has 0 aromatic rings. The fourth-order valence-corrected chi connectivity index (χ4v) is 1.31. The first-order valence-corrected chi connectivity index (χ1v) is 5.05. The van der Waals surface area contributed by atoms with Crippen LogP contribution in [0, 0.1) is 0 Å². The molecule has 14 heavy (non-hydrogen) atoms. The van der Waals surface area contributed by atoms with Crippen LogP contribution in [0.15, 0.2) is 0 Å². The number of unbranched alkanes of at least 4 members (excludes halogenated alkanes) is 1. The molecule has 0 fully saturated rings. The average Bonchev–Trinajstić information content (AvgIpc) is 2.12. The summed E-state index contributed by atoms with van der Waals surface area (Å²) >= 11 is 0. The van der Waals surface area contributed by atoms with Crippen LogP contribution in [0.4, 0.5) is 0 Å². The predicted molar refractivity (Wildman–Crippen MR) is 56.0 cm³/mol. The number of rotatable bonds is 9. The maximum atomic E-state index is 10.2. The van der Waals surface area contributed by atoms with E-state index in [-0.39, 0.29) is 6.42 Å². The van der Waals surface area contributed by atoms with Crippen molar-refractivity contribution >= 4 is 5.97 Å². The molecule has 5 N–H and O–H groups in total. The molecule has 0 atom stereocenters. The predicted octanol–water partition coefficient (Wildman–Crippen LogP) is -0.539. The van der Waals surface area contributed by atoms with Crippen molar-refractivity contribution < 1.29 is 9.90 Å². The quantitative estimate of drug-likeness (QED) is 0.438. The van der Waals surface area contributed by atoms with Gasteiger partial charge in [-0.3, -0.25) is 4.79 Å². The van der Waals surface area contributed by atoms with E-state index in [1.807, 2.05) is 0 Å². The number of carbonyl (C=O) groups is 1. The van der Waals surface area contributed by atoms with Crippen molar-refractivity contribution in [3.8, 4) is 0 Å². The number of carboxylic acids is 1. The lowest BCUT2D eigenvalue weighted by Gasteiger charge is -2.20. The molecule has 0 aromatic heterocycles. The van der Waals surface area contributed by atoms with Crippen molar-refractivity contribution in [3.63, 3.8) is 0 Å². The van der Waals surface area contributed by atoms with Crippen LogP contribution in [0.3, 0.4) is 0 Å². The maximum absolute atomic E-state index is 10.2. The highest BCUT2D eigenvalue weighted by molar-refractivity contribution is 5.66. The third kappa shape index (κ3) is 7.97. The summed E-state index contributed by atoms with van der Waals surface area (Å²) in [5.41, 5.74) is 10.9. The molecule has 5 heteroatoms. The Balaban J connectivity index is 3.44. The van der Waals surface area contributed by atoms with Gasteiger partial charge in [0.05, 0.1) is 0 Å². The molecule has 0 saturated carbocycles. The topological polar surface area (TPSA) is 92.6 Å². The van der Waals surface area contributed by atoms with Crippen molar-refractivity contribution in [2.45, 2.75) is 19.3 Å². The number of aliphatic carboxylic acids is 1. The molecule has 0 amide bonds. The van der Waals surface area contributed by atoms with Gasteiger partial charge in [0.1, 0.15) is 0 Å². The standard InChI is InChI=1S/C9H21N3O2/c10-4-7-12(8-5-11)6-2-1-3-9(13)14/h1-8,10-11H2,(H,13,14). The minimum absolute atomic E-state index is 0.249. The molecule has 0 rings (SSSR count).